The minimum absolute atomic E-state index is 0.220. The zero-order chi connectivity index (χ0) is 22.8. The summed E-state index contributed by atoms with van der Waals surface area (Å²) in [6, 6.07) is 16.5. The first-order valence-corrected chi connectivity index (χ1v) is 12.9. The molecule has 1 saturated heterocycles. The molecule has 0 amide bonds. The third-order valence-corrected chi connectivity index (χ3v) is 8.56. The topological polar surface area (TPSA) is 83.0 Å². The van der Waals surface area contributed by atoms with Crippen molar-refractivity contribution in [3.05, 3.63) is 71.9 Å². The smallest absolute Gasteiger partial charge is 0.245 e. The number of ether oxygens (including phenoxy) is 1. The minimum atomic E-state index is -3.87. The number of aromatic nitrogens is 1. The van der Waals surface area contributed by atoms with Crippen LogP contribution in [0.25, 0.3) is 10.9 Å². The van der Waals surface area contributed by atoms with Crippen molar-refractivity contribution < 1.29 is 18.3 Å². The van der Waals surface area contributed by atoms with Gasteiger partial charge in [-0.05, 0) is 36.1 Å². The summed E-state index contributed by atoms with van der Waals surface area (Å²) in [5.41, 5.74) is 2.44. The molecule has 0 radical (unpaired) electrons. The first-order valence-electron chi connectivity index (χ1n) is 11.4. The van der Waals surface area contributed by atoms with E-state index in [2.05, 4.69) is 9.88 Å². The maximum absolute atomic E-state index is 14.2. The minimum Gasteiger partial charge on any atom is -0.393 e. The number of rotatable bonds is 4. The summed E-state index contributed by atoms with van der Waals surface area (Å²) in [6.07, 6.45) is 2.76. The molecule has 5 rings (SSSR count). The van der Waals surface area contributed by atoms with Crippen molar-refractivity contribution in [3.8, 4) is 0 Å². The van der Waals surface area contributed by atoms with E-state index in [1.165, 1.54) is 0 Å². The Morgan fingerprint density at radius 2 is 1.76 bits per heavy atom. The zero-order valence-electron chi connectivity index (χ0n) is 18.5. The molecule has 2 aliphatic rings. The van der Waals surface area contributed by atoms with Gasteiger partial charge in [-0.2, -0.15) is 4.31 Å². The predicted octanol–water partition coefficient (Wildman–Crippen LogP) is 2.78. The van der Waals surface area contributed by atoms with Gasteiger partial charge in [0.05, 0.1) is 30.9 Å². The number of para-hydroxylation sites is 1. The lowest BCUT2D eigenvalue weighted by Gasteiger charge is -2.38. The lowest BCUT2D eigenvalue weighted by atomic mass is 10.1. The van der Waals surface area contributed by atoms with E-state index in [1.807, 2.05) is 42.5 Å². The van der Waals surface area contributed by atoms with Gasteiger partial charge >= 0.3 is 0 Å². The van der Waals surface area contributed by atoms with E-state index < -0.39 is 10.0 Å². The number of benzene rings is 2. The number of fused-ring (bicyclic) bond motifs is 2. The molecule has 174 valence electrons. The largest absolute Gasteiger partial charge is 0.393 e. The van der Waals surface area contributed by atoms with Crippen molar-refractivity contribution in [2.75, 3.05) is 26.2 Å². The van der Waals surface area contributed by atoms with Crippen molar-refractivity contribution >= 4 is 20.9 Å². The van der Waals surface area contributed by atoms with Crippen LogP contribution < -0.4 is 0 Å². The molecule has 0 spiro atoms. The van der Waals surface area contributed by atoms with Crippen molar-refractivity contribution in [1.29, 1.82) is 0 Å². The van der Waals surface area contributed by atoms with Crippen LogP contribution in [0.3, 0.4) is 0 Å². The Morgan fingerprint density at radius 3 is 2.58 bits per heavy atom. The van der Waals surface area contributed by atoms with E-state index in [1.54, 1.807) is 22.6 Å². The van der Waals surface area contributed by atoms with E-state index >= 15 is 0 Å². The van der Waals surface area contributed by atoms with Gasteiger partial charge in [-0.15, -0.1) is 0 Å². The van der Waals surface area contributed by atoms with Crippen LogP contribution in [0.2, 0.25) is 0 Å². The molecule has 3 heterocycles. The van der Waals surface area contributed by atoms with Crippen LogP contribution in [0.4, 0.5) is 0 Å². The van der Waals surface area contributed by atoms with Gasteiger partial charge in [-0.3, -0.25) is 4.98 Å². The Hall–Kier alpha value is -2.36. The van der Waals surface area contributed by atoms with Gasteiger partial charge in [-0.25, -0.2) is 8.42 Å². The third-order valence-electron chi connectivity index (χ3n) is 6.63. The van der Waals surface area contributed by atoms with Gasteiger partial charge in [-0.1, -0.05) is 42.5 Å². The maximum Gasteiger partial charge on any atom is 0.245 e. The molecule has 0 aliphatic carbocycles. The van der Waals surface area contributed by atoms with Gasteiger partial charge in [0.15, 0.2) is 0 Å². The summed E-state index contributed by atoms with van der Waals surface area (Å²) in [5.74, 6) is 0. The Balaban J connectivity index is 1.55. The molecule has 8 heteroatoms. The number of hydrogen-bond acceptors (Lipinski definition) is 6. The normalized spacial score (nSPS) is 21.4. The number of sulfonamides is 1. The zero-order valence-corrected chi connectivity index (χ0v) is 19.3. The van der Waals surface area contributed by atoms with Crippen LogP contribution >= 0.6 is 0 Å². The summed E-state index contributed by atoms with van der Waals surface area (Å²) in [7, 11) is -3.87. The molecule has 1 atom stereocenters. The van der Waals surface area contributed by atoms with Crippen LogP contribution in [-0.2, 0) is 27.9 Å². The lowest BCUT2D eigenvalue weighted by molar-refractivity contribution is 0.0329. The number of nitrogens with zero attached hydrogens (tertiary/aromatic N) is 3. The van der Waals surface area contributed by atoms with E-state index in [-0.39, 0.29) is 23.6 Å². The van der Waals surface area contributed by atoms with E-state index in [0.29, 0.717) is 38.1 Å². The lowest BCUT2D eigenvalue weighted by Crippen LogP contribution is -2.51. The first kappa shape index (κ1) is 22.4. The van der Waals surface area contributed by atoms with Gasteiger partial charge < -0.3 is 14.7 Å². The van der Waals surface area contributed by atoms with Gasteiger partial charge in [0.25, 0.3) is 0 Å². The highest BCUT2D eigenvalue weighted by Crippen LogP contribution is 2.29. The Labute approximate surface area is 194 Å². The number of hydrogen-bond donors (Lipinski definition) is 1. The molecule has 1 fully saturated rings. The summed E-state index contributed by atoms with van der Waals surface area (Å²) in [6.45, 7) is 3.12. The van der Waals surface area contributed by atoms with Crippen molar-refractivity contribution in [1.82, 2.24) is 14.2 Å². The van der Waals surface area contributed by atoms with Crippen LogP contribution in [0, 0.1) is 0 Å². The summed E-state index contributed by atoms with van der Waals surface area (Å²) < 4.78 is 35.9. The van der Waals surface area contributed by atoms with E-state index in [4.69, 9.17) is 4.74 Å². The number of likely N-dealkylation sites (tertiary alicyclic amines) is 1. The van der Waals surface area contributed by atoms with Gasteiger partial charge in [0.1, 0.15) is 4.90 Å². The van der Waals surface area contributed by atoms with Gasteiger partial charge in [0, 0.05) is 37.8 Å². The summed E-state index contributed by atoms with van der Waals surface area (Å²) >= 11 is 0. The second-order valence-electron chi connectivity index (χ2n) is 8.85. The molecule has 1 unspecified atom stereocenters. The number of aliphatic hydroxyl groups is 1. The molecule has 1 aromatic heterocycles. The second-order valence-corrected chi connectivity index (χ2v) is 10.7. The Kier molecular flexibility index (Phi) is 6.44. The average Bonchev–Trinajstić information content (AvgIpc) is 2.82. The number of piperidine rings is 1. The third kappa shape index (κ3) is 4.67. The van der Waals surface area contributed by atoms with Crippen molar-refractivity contribution in [2.24, 2.45) is 0 Å². The molecule has 33 heavy (non-hydrogen) atoms. The van der Waals surface area contributed by atoms with E-state index in [0.717, 1.165) is 29.6 Å². The summed E-state index contributed by atoms with van der Waals surface area (Å²) in [5, 5.41) is 10.7. The number of pyridine rings is 1. The number of aliphatic hydroxyl groups excluding tert-OH is 1. The molecule has 3 aromatic rings. The van der Waals surface area contributed by atoms with E-state index in [9.17, 15) is 13.5 Å². The summed E-state index contributed by atoms with van der Waals surface area (Å²) in [4.78, 5) is 6.86. The molecule has 0 saturated carbocycles. The SMILES string of the molecule is O=S(=O)(c1cccc2cccnc12)N1Cc2ccccc2COCC1CN1CCC(O)CC1. The molecule has 7 nitrogen and oxygen atoms in total. The molecule has 2 aliphatic heterocycles. The highest BCUT2D eigenvalue weighted by molar-refractivity contribution is 7.89. The fourth-order valence-corrected chi connectivity index (χ4v) is 6.52. The standard InChI is InChI=1S/C25H29N3O4S/c29-23-10-13-27(14-11-23)16-22-18-32-17-21-6-2-1-5-20(21)15-28(22)33(30,31)24-9-3-7-19-8-4-12-26-25(19)24/h1-9,12,22-23,29H,10-11,13-18H2. The van der Waals surface area contributed by atoms with Gasteiger partial charge in [0.2, 0.25) is 10.0 Å². The van der Waals surface area contributed by atoms with Crippen molar-refractivity contribution in [3.63, 3.8) is 0 Å². The average molecular weight is 468 g/mol. The molecule has 0 bridgehead atoms. The highest BCUT2D eigenvalue weighted by Gasteiger charge is 2.36. The van der Waals surface area contributed by atoms with Crippen LogP contribution in [0.1, 0.15) is 24.0 Å². The fourth-order valence-electron chi connectivity index (χ4n) is 4.77. The molecular weight excluding hydrogens is 438 g/mol. The highest BCUT2D eigenvalue weighted by atomic mass is 32.2. The Bertz CT molecular complexity index is 1220. The Morgan fingerprint density at radius 1 is 1.00 bits per heavy atom. The fraction of sp³-hybridized carbons (Fsp3) is 0.400. The van der Waals surface area contributed by atoms with Crippen LogP contribution in [0.5, 0.6) is 0 Å². The quantitative estimate of drug-likeness (QED) is 0.635. The second kappa shape index (κ2) is 9.48. The van der Waals surface area contributed by atoms with Crippen LogP contribution in [0.15, 0.2) is 65.7 Å². The van der Waals surface area contributed by atoms with Crippen LogP contribution in [-0.4, -0.2) is 66.1 Å². The predicted molar refractivity (Wildman–Crippen MR) is 126 cm³/mol. The monoisotopic (exact) mass is 467 g/mol. The molecular formula is C25H29N3O4S. The maximum atomic E-state index is 14.2. The molecule has 1 N–H and O–H groups in total. The van der Waals surface area contributed by atoms with Crippen molar-refractivity contribution in [2.45, 2.75) is 43.0 Å². The molecule has 2 aromatic carbocycles. The first-order chi connectivity index (χ1) is 16.0.